The van der Waals surface area contributed by atoms with E-state index in [9.17, 15) is 13.2 Å². The van der Waals surface area contributed by atoms with E-state index in [1.54, 1.807) is 18.2 Å². The quantitative estimate of drug-likeness (QED) is 0.501. The van der Waals surface area contributed by atoms with Crippen molar-refractivity contribution in [3.63, 3.8) is 0 Å². The Morgan fingerprint density at radius 2 is 1.93 bits per heavy atom. The molecule has 2 aromatic carbocycles. The molecule has 2 N–H and O–H groups in total. The first kappa shape index (κ1) is 24.0. The van der Waals surface area contributed by atoms with Gasteiger partial charge in [-0.05, 0) is 48.7 Å². The highest BCUT2D eigenvalue weighted by atomic mass is 35.5. The fourth-order valence-electron chi connectivity index (χ4n) is 2.57. The Morgan fingerprint density at radius 1 is 1.17 bits per heavy atom. The van der Waals surface area contributed by atoms with Crippen molar-refractivity contribution in [1.29, 1.82) is 0 Å². The van der Waals surface area contributed by atoms with E-state index in [0.717, 1.165) is 0 Å². The van der Waals surface area contributed by atoms with Gasteiger partial charge in [-0.1, -0.05) is 31.5 Å². The molecule has 0 bridgehead atoms. The summed E-state index contributed by atoms with van der Waals surface area (Å²) in [6.45, 7) is 5.81. The van der Waals surface area contributed by atoms with Gasteiger partial charge in [0.05, 0.1) is 17.7 Å². The first-order valence-corrected chi connectivity index (χ1v) is 11.4. The number of nitrogens with one attached hydrogen (secondary N) is 2. The van der Waals surface area contributed by atoms with Crippen LogP contribution in [0.4, 0.5) is 5.69 Å². The molecule has 0 spiro atoms. The van der Waals surface area contributed by atoms with Crippen LogP contribution in [0.15, 0.2) is 47.4 Å². The van der Waals surface area contributed by atoms with Crippen LogP contribution in [0.1, 0.15) is 30.6 Å². The van der Waals surface area contributed by atoms with Crippen molar-refractivity contribution in [3.8, 4) is 5.75 Å². The molecule has 7 nitrogen and oxygen atoms in total. The molecular weight excluding hydrogens is 428 g/mol. The van der Waals surface area contributed by atoms with Crippen molar-refractivity contribution in [2.45, 2.75) is 25.2 Å². The first-order valence-electron chi connectivity index (χ1n) is 9.55. The van der Waals surface area contributed by atoms with E-state index >= 15 is 0 Å². The zero-order valence-electron chi connectivity index (χ0n) is 17.3. The van der Waals surface area contributed by atoms with Crippen molar-refractivity contribution >= 4 is 33.2 Å². The fraction of sp³-hybridized carbons (Fsp3) is 0.381. The Kier molecular flexibility index (Phi) is 8.95. The predicted octanol–water partition coefficient (Wildman–Crippen LogP) is 3.94. The number of amides is 1. The third-order valence-corrected chi connectivity index (χ3v) is 5.61. The molecule has 0 fully saturated rings. The van der Waals surface area contributed by atoms with Gasteiger partial charge in [-0.25, -0.2) is 8.42 Å². The van der Waals surface area contributed by atoms with Gasteiger partial charge in [0, 0.05) is 30.3 Å². The molecule has 0 radical (unpaired) electrons. The van der Waals surface area contributed by atoms with E-state index in [2.05, 4.69) is 23.9 Å². The number of ether oxygens (including phenoxy) is 2. The van der Waals surface area contributed by atoms with Crippen LogP contribution in [0.2, 0.25) is 5.02 Å². The van der Waals surface area contributed by atoms with E-state index < -0.39 is 10.0 Å². The maximum absolute atomic E-state index is 12.8. The molecule has 2 rings (SSSR count). The molecular formula is C21H27ClN2O5S. The minimum absolute atomic E-state index is 0.0440. The molecule has 0 aliphatic heterocycles. The molecule has 2 aromatic rings. The summed E-state index contributed by atoms with van der Waals surface area (Å²) in [5.74, 6) is 0.442. The van der Waals surface area contributed by atoms with Crippen LogP contribution in [0, 0.1) is 5.92 Å². The summed E-state index contributed by atoms with van der Waals surface area (Å²) in [5.41, 5.74) is 0.459. The van der Waals surface area contributed by atoms with Gasteiger partial charge in [0.2, 0.25) is 0 Å². The monoisotopic (exact) mass is 454 g/mol. The third-order valence-electron chi connectivity index (χ3n) is 4.01. The maximum atomic E-state index is 12.8. The van der Waals surface area contributed by atoms with Crippen molar-refractivity contribution in [1.82, 2.24) is 5.32 Å². The summed E-state index contributed by atoms with van der Waals surface area (Å²) < 4.78 is 38.7. The van der Waals surface area contributed by atoms with Gasteiger partial charge in [0.15, 0.2) is 0 Å². The number of sulfonamides is 1. The second-order valence-electron chi connectivity index (χ2n) is 7.06. The van der Waals surface area contributed by atoms with Gasteiger partial charge in [0.25, 0.3) is 15.9 Å². The number of rotatable bonds is 11. The number of carbonyl (C=O) groups excluding carboxylic acids is 1. The number of methoxy groups -OCH3 is 1. The van der Waals surface area contributed by atoms with Gasteiger partial charge in [-0.2, -0.15) is 0 Å². The molecule has 1 amide bonds. The summed E-state index contributed by atoms with van der Waals surface area (Å²) in [6, 6.07) is 10.4. The van der Waals surface area contributed by atoms with Crippen molar-refractivity contribution < 1.29 is 22.7 Å². The van der Waals surface area contributed by atoms with Gasteiger partial charge < -0.3 is 14.8 Å². The summed E-state index contributed by atoms with van der Waals surface area (Å²) in [5, 5.41) is 3.13. The Hall–Kier alpha value is -2.29. The molecule has 9 heteroatoms. The van der Waals surface area contributed by atoms with Crippen molar-refractivity contribution in [2.75, 3.05) is 31.6 Å². The highest BCUT2D eigenvalue weighted by Crippen LogP contribution is 2.29. The van der Waals surface area contributed by atoms with Crippen LogP contribution in [-0.2, 0) is 14.8 Å². The second-order valence-corrected chi connectivity index (χ2v) is 9.17. The number of anilines is 1. The minimum Gasteiger partial charge on any atom is -0.495 e. The Labute approximate surface area is 182 Å². The highest BCUT2D eigenvalue weighted by Gasteiger charge is 2.18. The molecule has 0 saturated carbocycles. The van der Waals surface area contributed by atoms with Crippen molar-refractivity contribution in [3.05, 3.63) is 53.1 Å². The highest BCUT2D eigenvalue weighted by molar-refractivity contribution is 7.92. The Morgan fingerprint density at radius 3 is 2.63 bits per heavy atom. The van der Waals surface area contributed by atoms with E-state index in [4.69, 9.17) is 21.1 Å². The van der Waals surface area contributed by atoms with E-state index in [-0.39, 0.29) is 22.1 Å². The third kappa shape index (κ3) is 7.19. The predicted molar refractivity (Wildman–Crippen MR) is 118 cm³/mol. The van der Waals surface area contributed by atoms with Crippen molar-refractivity contribution in [2.24, 2.45) is 5.92 Å². The van der Waals surface area contributed by atoms with Gasteiger partial charge in [-0.3, -0.25) is 9.52 Å². The van der Waals surface area contributed by atoms with E-state index in [1.807, 2.05) is 0 Å². The SMILES string of the molecule is COc1ccc(Cl)cc1NS(=O)(=O)c1cccc(C(=O)NCCCOCC(C)C)c1. The average molecular weight is 455 g/mol. The number of hydrogen-bond acceptors (Lipinski definition) is 5. The number of hydrogen-bond donors (Lipinski definition) is 2. The molecule has 0 aromatic heterocycles. The molecule has 0 saturated heterocycles. The molecule has 0 atom stereocenters. The van der Waals surface area contributed by atoms with Crippen LogP contribution in [-0.4, -0.2) is 41.2 Å². The lowest BCUT2D eigenvalue weighted by atomic mass is 10.2. The molecule has 0 aliphatic rings. The van der Waals surface area contributed by atoms with Gasteiger partial charge >= 0.3 is 0 Å². The molecule has 0 unspecified atom stereocenters. The Balaban J connectivity index is 2.03. The standard InChI is InChI=1S/C21H27ClN2O5S/c1-15(2)14-29-11-5-10-23-21(25)16-6-4-7-18(12-16)30(26,27)24-19-13-17(22)8-9-20(19)28-3/h4,6-9,12-13,15,24H,5,10-11,14H2,1-3H3,(H,23,25). The maximum Gasteiger partial charge on any atom is 0.262 e. The molecule has 30 heavy (non-hydrogen) atoms. The molecule has 0 aliphatic carbocycles. The lowest BCUT2D eigenvalue weighted by Crippen LogP contribution is -2.25. The van der Waals surface area contributed by atoms with Crippen LogP contribution in [0.5, 0.6) is 5.75 Å². The van der Waals surface area contributed by atoms with E-state index in [1.165, 1.54) is 31.4 Å². The normalized spacial score (nSPS) is 11.4. The summed E-state index contributed by atoms with van der Waals surface area (Å²) in [6.07, 6.45) is 0.673. The van der Waals surface area contributed by atoms with Crippen LogP contribution >= 0.6 is 11.6 Å². The topological polar surface area (TPSA) is 93.7 Å². The smallest absolute Gasteiger partial charge is 0.262 e. The molecule has 0 heterocycles. The van der Waals surface area contributed by atoms with Crippen LogP contribution in [0.25, 0.3) is 0 Å². The van der Waals surface area contributed by atoms with Crippen LogP contribution in [0.3, 0.4) is 0 Å². The zero-order chi connectivity index (χ0) is 22.1. The lowest BCUT2D eigenvalue weighted by Gasteiger charge is -2.13. The summed E-state index contributed by atoms with van der Waals surface area (Å²) in [4.78, 5) is 12.3. The Bertz CT molecular complexity index is 964. The van der Waals surface area contributed by atoms with Gasteiger partial charge in [-0.15, -0.1) is 0 Å². The number of halogens is 1. The largest absolute Gasteiger partial charge is 0.495 e. The summed E-state index contributed by atoms with van der Waals surface area (Å²) >= 11 is 5.96. The average Bonchev–Trinajstić information content (AvgIpc) is 2.70. The fourth-order valence-corrected chi connectivity index (χ4v) is 3.84. The lowest BCUT2D eigenvalue weighted by molar-refractivity contribution is 0.0924. The minimum atomic E-state index is -3.95. The van der Waals surface area contributed by atoms with Gasteiger partial charge in [0.1, 0.15) is 5.75 Å². The van der Waals surface area contributed by atoms with E-state index in [0.29, 0.717) is 42.9 Å². The number of carbonyl (C=O) groups is 1. The summed E-state index contributed by atoms with van der Waals surface area (Å²) in [7, 11) is -2.52. The first-order chi connectivity index (χ1) is 14.2. The molecule has 164 valence electrons. The number of benzene rings is 2. The second kappa shape index (κ2) is 11.2. The van der Waals surface area contributed by atoms with Crippen LogP contribution < -0.4 is 14.8 Å². The zero-order valence-corrected chi connectivity index (χ0v) is 18.8.